The summed E-state index contributed by atoms with van der Waals surface area (Å²) in [7, 11) is -3.78. The fourth-order valence-corrected chi connectivity index (χ4v) is 4.00. The number of para-hydroxylation sites is 1. The number of aryl methyl sites for hydroxylation is 1. The van der Waals surface area contributed by atoms with Crippen LogP contribution in [0.1, 0.15) is 23.6 Å². The summed E-state index contributed by atoms with van der Waals surface area (Å²) in [6.07, 6.45) is 0.837. The van der Waals surface area contributed by atoms with E-state index in [2.05, 4.69) is 15.2 Å². The zero-order valence-corrected chi connectivity index (χ0v) is 18.0. The van der Waals surface area contributed by atoms with Crippen LogP contribution in [-0.2, 0) is 16.4 Å². The van der Waals surface area contributed by atoms with Crippen LogP contribution in [0.5, 0.6) is 0 Å². The van der Waals surface area contributed by atoms with E-state index in [9.17, 15) is 8.42 Å². The summed E-state index contributed by atoms with van der Waals surface area (Å²) in [6, 6.07) is 23.2. The summed E-state index contributed by atoms with van der Waals surface area (Å²) in [5.74, 6) is 0. The zero-order valence-electron chi connectivity index (χ0n) is 16.4. The molecule has 0 fully saturated rings. The standard InChI is InChI=1S/C22H22N4O2S2/c1-2-16-12-14-18(15-13-16)30(27,28)26-20-11-7-6-10-19(20)21(24-25-22(23)29)17-8-4-3-5-9-17/h3-15,26H,2H2,1H3,(H3,23,25,29). The summed E-state index contributed by atoms with van der Waals surface area (Å²) in [5.41, 5.74) is 11.5. The number of hydrazone groups is 1. The number of hydrogen-bond donors (Lipinski definition) is 3. The molecular weight excluding hydrogens is 416 g/mol. The number of sulfonamides is 1. The molecule has 0 aliphatic rings. The largest absolute Gasteiger partial charge is 0.375 e. The van der Waals surface area contributed by atoms with Crippen LogP contribution in [0.25, 0.3) is 0 Å². The third kappa shape index (κ3) is 5.22. The smallest absolute Gasteiger partial charge is 0.261 e. The molecule has 0 saturated heterocycles. The number of rotatable bonds is 7. The highest BCUT2D eigenvalue weighted by atomic mass is 32.2. The van der Waals surface area contributed by atoms with E-state index in [-0.39, 0.29) is 10.0 Å². The maximum absolute atomic E-state index is 13.0. The molecule has 0 aromatic heterocycles. The van der Waals surface area contributed by atoms with Crippen molar-refractivity contribution in [3.63, 3.8) is 0 Å². The quantitative estimate of drug-likeness (QED) is 0.297. The Balaban J connectivity index is 2.03. The number of nitrogens with two attached hydrogens (primary N) is 1. The van der Waals surface area contributed by atoms with Crippen molar-refractivity contribution in [2.24, 2.45) is 10.8 Å². The molecule has 4 N–H and O–H groups in total. The van der Waals surface area contributed by atoms with E-state index in [4.69, 9.17) is 18.0 Å². The molecule has 0 saturated carbocycles. The Kier molecular flexibility index (Phi) is 6.81. The first-order valence-electron chi connectivity index (χ1n) is 9.30. The van der Waals surface area contributed by atoms with Gasteiger partial charge in [-0.3, -0.25) is 10.1 Å². The van der Waals surface area contributed by atoms with E-state index in [1.54, 1.807) is 30.3 Å². The Hall–Kier alpha value is -3.23. The first-order valence-corrected chi connectivity index (χ1v) is 11.2. The minimum absolute atomic E-state index is 0.0116. The fourth-order valence-electron chi connectivity index (χ4n) is 2.87. The zero-order chi connectivity index (χ0) is 21.6. The lowest BCUT2D eigenvalue weighted by Crippen LogP contribution is -2.26. The van der Waals surface area contributed by atoms with Crippen LogP contribution in [0, 0.1) is 0 Å². The Labute approximate surface area is 181 Å². The molecule has 8 heteroatoms. The Morgan fingerprint density at radius 3 is 2.23 bits per heavy atom. The molecule has 6 nitrogen and oxygen atoms in total. The average molecular weight is 439 g/mol. The maximum atomic E-state index is 13.0. The molecule has 0 spiro atoms. The lowest BCUT2D eigenvalue weighted by molar-refractivity contribution is 0.601. The number of benzene rings is 3. The highest BCUT2D eigenvalue weighted by molar-refractivity contribution is 7.92. The van der Waals surface area contributed by atoms with Crippen molar-refractivity contribution in [2.75, 3.05) is 4.72 Å². The molecule has 3 aromatic carbocycles. The topological polar surface area (TPSA) is 96.6 Å². The van der Waals surface area contributed by atoms with Gasteiger partial charge in [0.15, 0.2) is 5.11 Å². The lowest BCUT2D eigenvalue weighted by Gasteiger charge is -2.15. The van der Waals surface area contributed by atoms with E-state index in [1.807, 2.05) is 55.5 Å². The summed E-state index contributed by atoms with van der Waals surface area (Å²) in [5, 5.41) is 4.33. The third-order valence-corrected chi connectivity index (χ3v) is 5.87. The van der Waals surface area contributed by atoms with Gasteiger partial charge in [-0.05, 0) is 42.4 Å². The molecule has 30 heavy (non-hydrogen) atoms. The molecular formula is C22H22N4O2S2. The van der Waals surface area contributed by atoms with E-state index < -0.39 is 10.0 Å². The second-order valence-electron chi connectivity index (χ2n) is 6.45. The van der Waals surface area contributed by atoms with Crippen LogP contribution < -0.4 is 15.9 Å². The van der Waals surface area contributed by atoms with Gasteiger partial charge in [-0.1, -0.05) is 67.6 Å². The predicted molar refractivity (Wildman–Crippen MR) is 125 cm³/mol. The van der Waals surface area contributed by atoms with Crippen molar-refractivity contribution >= 4 is 38.8 Å². The van der Waals surface area contributed by atoms with Crippen LogP contribution in [0.3, 0.4) is 0 Å². The van der Waals surface area contributed by atoms with Crippen molar-refractivity contribution in [1.29, 1.82) is 0 Å². The summed E-state index contributed by atoms with van der Waals surface area (Å²) in [4.78, 5) is 0.189. The van der Waals surface area contributed by atoms with Gasteiger partial charge in [-0.2, -0.15) is 5.10 Å². The molecule has 0 bridgehead atoms. The molecule has 3 rings (SSSR count). The summed E-state index contributed by atoms with van der Waals surface area (Å²) in [6.45, 7) is 2.02. The molecule has 0 heterocycles. The predicted octanol–water partition coefficient (Wildman–Crippen LogP) is 3.64. The number of hydrogen-bond acceptors (Lipinski definition) is 4. The maximum Gasteiger partial charge on any atom is 0.261 e. The highest BCUT2D eigenvalue weighted by Gasteiger charge is 2.18. The fraction of sp³-hybridized carbons (Fsp3) is 0.0909. The normalized spacial score (nSPS) is 11.7. The van der Waals surface area contributed by atoms with Crippen molar-refractivity contribution in [2.45, 2.75) is 18.2 Å². The van der Waals surface area contributed by atoms with Gasteiger partial charge in [0.05, 0.1) is 16.3 Å². The van der Waals surface area contributed by atoms with Crippen LogP contribution in [0.2, 0.25) is 0 Å². The number of nitrogens with one attached hydrogen (secondary N) is 2. The Morgan fingerprint density at radius 2 is 1.60 bits per heavy atom. The monoisotopic (exact) mass is 438 g/mol. The Bertz CT molecular complexity index is 1160. The van der Waals surface area contributed by atoms with Crippen molar-refractivity contribution in [3.8, 4) is 0 Å². The SMILES string of the molecule is CCc1ccc(S(=O)(=O)Nc2ccccc2C(=NNC(N)=S)c2ccccc2)cc1. The van der Waals surface area contributed by atoms with Gasteiger partial charge in [0.1, 0.15) is 0 Å². The van der Waals surface area contributed by atoms with Crippen LogP contribution in [0.15, 0.2) is 88.9 Å². The van der Waals surface area contributed by atoms with Gasteiger partial charge in [0.25, 0.3) is 10.0 Å². The number of anilines is 1. The van der Waals surface area contributed by atoms with Crippen LogP contribution in [0.4, 0.5) is 5.69 Å². The van der Waals surface area contributed by atoms with Gasteiger partial charge in [-0.15, -0.1) is 0 Å². The molecule has 154 valence electrons. The molecule has 0 unspecified atom stereocenters. The van der Waals surface area contributed by atoms with Crippen LogP contribution in [-0.4, -0.2) is 19.2 Å². The summed E-state index contributed by atoms with van der Waals surface area (Å²) >= 11 is 4.87. The minimum Gasteiger partial charge on any atom is -0.375 e. The number of thiocarbonyl (C=S) groups is 1. The molecule has 0 atom stereocenters. The molecule has 0 aliphatic heterocycles. The first kappa shape index (κ1) is 21.5. The highest BCUT2D eigenvalue weighted by Crippen LogP contribution is 2.23. The van der Waals surface area contributed by atoms with Crippen molar-refractivity contribution < 1.29 is 8.42 Å². The average Bonchev–Trinajstić information content (AvgIpc) is 2.75. The van der Waals surface area contributed by atoms with Crippen molar-refractivity contribution in [3.05, 3.63) is 95.6 Å². The lowest BCUT2D eigenvalue weighted by atomic mass is 10.0. The summed E-state index contributed by atoms with van der Waals surface area (Å²) < 4.78 is 28.6. The van der Waals surface area contributed by atoms with E-state index >= 15 is 0 Å². The molecule has 3 aromatic rings. The van der Waals surface area contributed by atoms with Gasteiger partial charge < -0.3 is 5.73 Å². The van der Waals surface area contributed by atoms with E-state index in [0.717, 1.165) is 17.5 Å². The first-order chi connectivity index (χ1) is 14.4. The molecule has 0 amide bonds. The second-order valence-corrected chi connectivity index (χ2v) is 8.57. The van der Waals surface area contributed by atoms with Gasteiger partial charge >= 0.3 is 0 Å². The van der Waals surface area contributed by atoms with Gasteiger partial charge in [0, 0.05) is 11.1 Å². The molecule has 0 radical (unpaired) electrons. The van der Waals surface area contributed by atoms with Gasteiger partial charge in [0.2, 0.25) is 0 Å². The van der Waals surface area contributed by atoms with E-state index in [0.29, 0.717) is 17.0 Å². The van der Waals surface area contributed by atoms with Gasteiger partial charge in [-0.25, -0.2) is 8.42 Å². The number of nitrogens with zero attached hydrogens (tertiary/aromatic N) is 1. The van der Waals surface area contributed by atoms with E-state index in [1.165, 1.54) is 0 Å². The Morgan fingerprint density at radius 1 is 0.967 bits per heavy atom. The third-order valence-electron chi connectivity index (χ3n) is 4.39. The minimum atomic E-state index is -3.78. The van der Waals surface area contributed by atoms with Crippen LogP contribution >= 0.6 is 12.2 Å². The molecule has 0 aliphatic carbocycles. The second kappa shape index (κ2) is 9.51. The van der Waals surface area contributed by atoms with Crippen molar-refractivity contribution in [1.82, 2.24) is 5.43 Å².